The first-order valence-corrected chi connectivity index (χ1v) is 24.8. The van der Waals surface area contributed by atoms with Crippen LogP contribution >= 0.6 is 0 Å². The van der Waals surface area contributed by atoms with Gasteiger partial charge in [0.05, 0.1) is 39.7 Å². The predicted molar refractivity (Wildman–Crippen MR) is 289 cm³/mol. The summed E-state index contributed by atoms with van der Waals surface area (Å²) in [5.41, 5.74) is 18.8. The molecule has 0 saturated heterocycles. The second kappa shape index (κ2) is 16.0. The molecule has 2 aromatic heterocycles. The lowest BCUT2D eigenvalue weighted by molar-refractivity contribution is 0.550. The molecule has 2 heterocycles. The summed E-state index contributed by atoms with van der Waals surface area (Å²) in [7, 11) is 2.23. The first-order valence-electron chi connectivity index (χ1n) is 24.8. The molecule has 0 aliphatic heterocycles. The van der Waals surface area contributed by atoms with Gasteiger partial charge in [-0.1, -0.05) is 135 Å². The van der Waals surface area contributed by atoms with Gasteiger partial charge in [0.1, 0.15) is 0 Å². The van der Waals surface area contributed by atoms with Gasteiger partial charge in [-0.15, -0.1) is 0 Å². The lowest BCUT2D eigenvalue weighted by atomic mass is 9.76. The van der Waals surface area contributed by atoms with Crippen molar-refractivity contribution in [2.45, 2.75) is 64.3 Å². The molecule has 0 N–H and O–H groups in total. The number of fused-ring (bicyclic) bond motifs is 13. The average Bonchev–Trinajstić information content (AvgIpc) is 4.15. The predicted octanol–water partition coefficient (Wildman–Crippen LogP) is 17.4. The van der Waals surface area contributed by atoms with E-state index in [9.17, 15) is 5.26 Å². The largest absolute Gasteiger partial charge is 0.342 e. The summed E-state index contributed by atoms with van der Waals surface area (Å²) >= 11 is 0. The summed E-state index contributed by atoms with van der Waals surface area (Å²) in [6.45, 7) is 5.33. The van der Waals surface area contributed by atoms with Gasteiger partial charge in [-0.25, -0.2) is 0 Å². The van der Waals surface area contributed by atoms with Crippen LogP contribution in [0.3, 0.4) is 0 Å². The Morgan fingerprint density at radius 2 is 1.17 bits per heavy atom. The fourth-order valence-corrected chi connectivity index (χ4v) is 12.7. The van der Waals surface area contributed by atoms with Gasteiger partial charge in [-0.3, -0.25) is 0 Å². The van der Waals surface area contributed by atoms with Crippen molar-refractivity contribution in [1.82, 2.24) is 9.13 Å². The minimum absolute atomic E-state index is 0.175. The molecule has 1 fully saturated rings. The van der Waals surface area contributed by atoms with Gasteiger partial charge in [0.25, 0.3) is 0 Å². The number of nitrogens with zero attached hydrogens (tertiary/aromatic N) is 5. The molecule has 9 aromatic carbocycles. The number of aryl methyl sites for hydroxylation is 3. The minimum Gasteiger partial charge on any atom is -0.342 e. The van der Waals surface area contributed by atoms with Gasteiger partial charge < -0.3 is 18.9 Å². The van der Waals surface area contributed by atoms with E-state index in [4.69, 9.17) is 0 Å². The molecule has 11 aromatic rings. The van der Waals surface area contributed by atoms with Crippen LogP contribution in [0.5, 0.6) is 0 Å². The van der Waals surface area contributed by atoms with Gasteiger partial charge in [0.15, 0.2) is 0 Å². The second-order valence-electron chi connectivity index (χ2n) is 19.5. The molecule has 0 atom stereocenters. The average molecular weight is 892 g/mol. The van der Waals surface area contributed by atoms with E-state index in [1.807, 2.05) is 12.1 Å². The van der Waals surface area contributed by atoms with E-state index in [2.05, 4.69) is 216 Å². The van der Waals surface area contributed by atoms with E-state index in [0.717, 1.165) is 54.9 Å². The highest BCUT2D eigenvalue weighted by Gasteiger charge is 2.47. The van der Waals surface area contributed by atoms with E-state index in [0.29, 0.717) is 5.56 Å². The summed E-state index contributed by atoms with van der Waals surface area (Å²) in [5.74, 6) is 0. The third-order valence-electron chi connectivity index (χ3n) is 15.6. The number of rotatable bonds is 9. The number of aromatic nitrogens is 2. The Labute approximate surface area is 403 Å². The Balaban J connectivity index is 1.09. The first kappa shape index (κ1) is 41.1. The van der Waals surface area contributed by atoms with Crippen molar-refractivity contribution in [2.75, 3.05) is 9.80 Å². The Bertz CT molecular complexity index is 3890. The van der Waals surface area contributed by atoms with Crippen molar-refractivity contribution < 1.29 is 0 Å². The highest BCUT2D eigenvalue weighted by Crippen LogP contribution is 2.61. The third-order valence-corrected chi connectivity index (χ3v) is 15.6. The van der Waals surface area contributed by atoms with Crippen LogP contribution in [0.1, 0.15) is 67.7 Å². The van der Waals surface area contributed by atoms with Gasteiger partial charge in [-0.2, -0.15) is 5.26 Å². The standard InChI is InChI=1S/C64H53N5/c1-4-5-35-67-57-28-14-12-23-49(57)52-26-18-30-59(63(52)67)69(58-29-17-25-51-48-22-11-13-27-56(48)66(3)62(51)58)45-31-32-53-54(39-45)64(33-15-16-34-64)55-40-60(47-21-9-10-24-50(47)61(53)55)68(44-19-7-6-8-20-44)46-37-42(2)36-43(38-46)41-65/h6-14,17-32,36-40H,4-5,15-16,33-35H2,1-3H3. The zero-order valence-corrected chi connectivity index (χ0v) is 39.5. The molecule has 0 unspecified atom stereocenters. The number of hydrogen-bond donors (Lipinski definition) is 0. The van der Waals surface area contributed by atoms with Crippen molar-refractivity contribution in [2.24, 2.45) is 7.05 Å². The Kier molecular flexibility index (Phi) is 9.56. The van der Waals surface area contributed by atoms with Crippen LogP contribution in [0, 0.1) is 18.3 Å². The minimum atomic E-state index is -0.175. The Hall–Kier alpha value is -8.07. The maximum atomic E-state index is 10.2. The molecular formula is C64H53N5. The highest BCUT2D eigenvalue weighted by atomic mass is 15.2. The zero-order valence-electron chi connectivity index (χ0n) is 39.5. The lowest BCUT2D eigenvalue weighted by Gasteiger charge is -2.32. The number of anilines is 6. The van der Waals surface area contributed by atoms with E-state index >= 15 is 0 Å². The molecule has 0 bridgehead atoms. The molecule has 2 aliphatic carbocycles. The van der Waals surface area contributed by atoms with Crippen LogP contribution in [0.25, 0.3) is 65.5 Å². The molecule has 5 heteroatoms. The first-order chi connectivity index (χ1) is 34.0. The van der Waals surface area contributed by atoms with Crippen LogP contribution in [-0.4, -0.2) is 9.13 Å². The quantitative estimate of drug-likeness (QED) is 0.145. The maximum absolute atomic E-state index is 10.2. The molecule has 5 nitrogen and oxygen atoms in total. The number of hydrogen-bond acceptors (Lipinski definition) is 3. The summed E-state index contributed by atoms with van der Waals surface area (Å²) < 4.78 is 5.00. The topological polar surface area (TPSA) is 40.1 Å². The number of nitriles is 1. The van der Waals surface area contributed by atoms with Crippen LogP contribution in [0.4, 0.5) is 34.1 Å². The van der Waals surface area contributed by atoms with Crippen molar-refractivity contribution in [1.29, 1.82) is 5.26 Å². The molecular weight excluding hydrogens is 839 g/mol. The van der Waals surface area contributed by atoms with E-state index in [1.165, 1.54) is 107 Å². The smallest absolute Gasteiger partial charge is 0.0992 e. The van der Waals surface area contributed by atoms with Gasteiger partial charge in [0.2, 0.25) is 0 Å². The van der Waals surface area contributed by atoms with Crippen LogP contribution < -0.4 is 9.80 Å². The van der Waals surface area contributed by atoms with Crippen LogP contribution in [0.15, 0.2) is 182 Å². The molecule has 1 saturated carbocycles. The fourth-order valence-electron chi connectivity index (χ4n) is 12.7. The van der Waals surface area contributed by atoms with Crippen molar-refractivity contribution >= 4 is 88.5 Å². The Morgan fingerprint density at radius 1 is 0.536 bits per heavy atom. The molecule has 0 amide bonds. The summed E-state index contributed by atoms with van der Waals surface area (Å²) in [4.78, 5) is 4.99. The van der Waals surface area contributed by atoms with Crippen molar-refractivity contribution in [3.8, 4) is 17.2 Å². The molecule has 334 valence electrons. The third kappa shape index (κ3) is 6.14. The molecule has 1 spiro atoms. The molecule has 0 radical (unpaired) electrons. The molecule has 2 aliphatic rings. The van der Waals surface area contributed by atoms with Crippen molar-refractivity contribution in [3.05, 3.63) is 204 Å². The Morgan fingerprint density at radius 3 is 1.91 bits per heavy atom. The molecule has 13 rings (SSSR count). The van der Waals surface area contributed by atoms with Crippen LogP contribution in [-0.2, 0) is 19.0 Å². The van der Waals surface area contributed by atoms with Gasteiger partial charge in [0, 0.05) is 74.0 Å². The molecule has 69 heavy (non-hydrogen) atoms. The number of unbranched alkanes of at least 4 members (excludes halogenated alkanes) is 1. The number of para-hydroxylation sites is 5. The second-order valence-corrected chi connectivity index (χ2v) is 19.5. The summed E-state index contributed by atoms with van der Waals surface area (Å²) in [6, 6.07) is 70.0. The van der Waals surface area contributed by atoms with Crippen LogP contribution in [0.2, 0.25) is 0 Å². The van der Waals surface area contributed by atoms with Crippen molar-refractivity contribution in [3.63, 3.8) is 0 Å². The normalized spacial score (nSPS) is 13.8. The highest BCUT2D eigenvalue weighted by molar-refractivity contribution is 6.17. The summed E-state index contributed by atoms with van der Waals surface area (Å²) in [5, 5.41) is 17.8. The zero-order chi connectivity index (χ0) is 46.4. The van der Waals surface area contributed by atoms with Gasteiger partial charge >= 0.3 is 0 Å². The monoisotopic (exact) mass is 891 g/mol. The maximum Gasteiger partial charge on any atom is 0.0992 e. The lowest BCUT2D eigenvalue weighted by Crippen LogP contribution is -2.22. The van der Waals surface area contributed by atoms with Gasteiger partial charge in [-0.05, 0) is 132 Å². The van der Waals surface area contributed by atoms with E-state index in [1.54, 1.807) is 0 Å². The van der Waals surface area contributed by atoms with E-state index in [-0.39, 0.29) is 5.41 Å². The summed E-state index contributed by atoms with van der Waals surface area (Å²) in [6.07, 6.45) is 6.74. The number of benzene rings is 9. The fraction of sp³-hybridized carbons (Fsp3) is 0.172. The van der Waals surface area contributed by atoms with E-state index < -0.39 is 0 Å². The SMILES string of the molecule is CCCCn1c2ccccc2c2cccc(N(c3ccc4c(c3)C3(CCCC3)c3cc(N(c5ccccc5)c5cc(C)cc(C#N)c5)c5ccccc5c3-4)c3cccc4c5ccccc5n(C)c34)c21.